The van der Waals surface area contributed by atoms with Gasteiger partial charge >= 0.3 is 0 Å². The van der Waals surface area contributed by atoms with Crippen molar-refractivity contribution in [3.63, 3.8) is 0 Å². The molecule has 3 heteroatoms. The molecule has 0 unspecified atom stereocenters. The van der Waals surface area contributed by atoms with E-state index in [-0.39, 0.29) is 5.82 Å². The van der Waals surface area contributed by atoms with E-state index in [0.29, 0.717) is 0 Å². The van der Waals surface area contributed by atoms with E-state index < -0.39 is 0 Å². The molecule has 1 aromatic carbocycles. The molecule has 1 rings (SSSR count). The predicted molar refractivity (Wildman–Crippen MR) is 53.4 cm³/mol. The number of benzene rings is 1. The lowest BCUT2D eigenvalue weighted by molar-refractivity contribution is 0.613. The number of hydrogen-bond acceptors (Lipinski definition) is 1. The van der Waals surface area contributed by atoms with Crippen LogP contribution in [0.2, 0.25) is 0 Å². The van der Waals surface area contributed by atoms with E-state index in [2.05, 4.69) is 3.53 Å². The monoisotopic (exact) mass is 265 g/mol. The van der Waals surface area contributed by atoms with Crippen LogP contribution in [0, 0.1) is 5.82 Å². The highest BCUT2D eigenvalue weighted by Crippen LogP contribution is 2.15. The number of aryl methyl sites for hydroxylation is 1. The smallest absolute Gasteiger partial charge is 0.128 e. The van der Waals surface area contributed by atoms with Crippen LogP contribution in [0.15, 0.2) is 18.2 Å². The second-order valence-corrected chi connectivity index (χ2v) is 2.79. The normalized spacial score (nSPS) is 9.73. The zero-order valence-corrected chi connectivity index (χ0v) is 8.35. The van der Waals surface area contributed by atoms with E-state index in [1.165, 1.54) is 6.07 Å². The summed E-state index contributed by atoms with van der Waals surface area (Å²) in [6.45, 7) is 1.94. The Morgan fingerprint density at radius 1 is 1.55 bits per heavy atom. The summed E-state index contributed by atoms with van der Waals surface area (Å²) in [5.41, 5.74) is 1.57. The van der Waals surface area contributed by atoms with E-state index in [1.807, 2.05) is 35.9 Å². The molecule has 60 valence electrons. The highest BCUT2D eigenvalue weighted by atomic mass is 127. The Labute approximate surface area is 79.5 Å². The van der Waals surface area contributed by atoms with Gasteiger partial charge in [0.25, 0.3) is 0 Å². The van der Waals surface area contributed by atoms with Crippen molar-refractivity contribution in [3.8, 4) is 0 Å². The molecule has 1 aromatic rings. The minimum atomic E-state index is -0.130. The number of hydrogen-bond donors (Lipinski definition) is 1. The second-order valence-electron chi connectivity index (χ2n) is 2.25. The maximum atomic E-state index is 13.0. The quantitative estimate of drug-likeness (QED) is 0.639. The second kappa shape index (κ2) is 3.90. The fourth-order valence-electron chi connectivity index (χ4n) is 0.893. The summed E-state index contributed by atoms with van der Waals surface area (Å²) >= 11 is 1.98. The van der Waals surface area contributed by atoms with Crippen LogP contribution in [-0.2, 0) is 6.42 Å². The Bertz CT molecular complexity index is 250. The number of anilines is 1. The van der Waals surface area contributed by atoms with Crippen LogP contribution in [-0.4, -0.2) is 0 Å². The Balaban J connectivity index is 2.99. The summed E-state index contributed by atoms with van der Waals surface area (Å²) in [4.78, 5) is 0. The molecule has 1 N–H and O–H groups in total. The van der Waals surface area contributed by atoms with Crippen LogP contribution in [0.25, 0.3) is 0 Å². The first-order chi connectivity index (χ1) is 5.27. The van der Waals surface area contributed by atoms with Gasteiger partial charge in [-0.1, -0.05) is 13.0 Å². The van der Waals surface area contributed by atoms with Gasteiger partial charge in [-0.2, -0.15) is 0 Å². The molecule has 0 radical (unpaired) electrons. The summed E-state index contributed by atoms with van der Waals surface area (Å²) in [6, 6.07) is 5.18. The van der Waals surface area contributed by atoms with Crippen LogP contribution in [0.4, 0.5) is 10.1 Å². The average Bonchev–Trinajstić information content (AvgIpc) is 2.04. The van der Waals surface area contributed by atoms with Crippen molar-refractivity contribution in [2.45, 2.75) is 13.3 Å². The van der Waals surface area contributed by atoms with Gasteiger partial charge < -0.3 is 3.53 Å². The van der Waals surface area contributed by atoms with Gasteiger partial charge in [0.2, 0.25) is 0 Å². The molecule has 11 heavy (non-hydrogen) atoms. The van der Waals surface area contributed by atoms with E-state index in [1.54, 1.807) is 6.07 Å². The molecule has 0 atom stereocenters. The highest BCUT2D eigenvalue weighted by molar-refractivity contribution is 14.1. The molecule has 0 saturated carbocycles. The van der Waals surface area contributed by atoms with Gasteiger partial charge in [-0.3, -0.25) is 0 Å². The van der Waals surface area contributed by atoms with Crippen molar-refractivity contribution < 1.29 is 4.39 Å². The van der Waals surface area contributed by atoms with Crippen molar-refractivity contribution >= 4 is 28.6 Å². The molecule has 0 bridgehead atoms. The Morgan fingerprint density at radius 2 is 2.27 bits per heavy atom. The molecule has 0 aliphatic heterocycles. The van der Waals surface area contributed by atoms with E-state index in [9.17, 15) is 4.39 Å². The van der Waals surface area contributed by atoms with Crippen LogP contribution in [0.3, 0.4) is 0 Å². The minimum absolute atomic E-state index is 0.130. The fraction of sp³-hybridized carbons (Fsp3) is 0.250. The number of nitrogens with one attached hydrogen (secondary N) is 1. The Hall–Kier alpha value is -0.320. The van der Waals surface area contributed by atoms with Crippen LogP contribution >= 0.6 is 22.9 Å². The van der Waals surface area contributed by atoms with E-state index in [4.69, 9.17) is 0 Å². The van der Waals surface area contributed by atoms with E-state index in [0.717, 1.165) is 17.7 Å². The summed E-state index contributed by atoms with van der Waals surface area (Å²) in [5.74, 6) is -0.130. The lowest BCUT2D eigenvalue weighted by atomic mass is 10.1. The fourth-order valence-corrected chi connectivity index (χ4v) is 1.23. The van der Waals surface area contributed by atoms with Crippen molar-refractivity contribution in [2.24, 2.45) is 0 Å². The molecule has 0 saturated heterocycles. The Morgan fingerprint density at radius 3 is 2.73 bits per heavy atom. The Kier molecular flexibility index (Phi) is 3.11. The molecule has 0 aromatic heterocycles. The van der Waals surface area contributed by atoms with Crippen molar-refractivity contribution in [3.05, 3.63) is 29.6 Å². The molecular weight excluding hydrogens is 256 g/mol. The number of rotatable bonds is 2. The topological polar surface area (TPSA) is 12.0 Å². The predicted octanol–water partition coefficient (Wildman–Crippen LogP) is 3.15. The standard InChI is InChI=1S/C8H9FIN/c1-2-6-3-4-7(11-10)5-8(6)9/h3-5,11H,2H2,1H3. The first-order valence-electron chi connectivity index (χ1n) is 3.43. The minimum Gasteiger partial charge on any atom is -0.328 e. The van der Waals surface area contributed by atoms with E-state index >= 15 is 0 Å². The largest absolute Gasteiger partial charge is 0.328 e. The van der Waals surface area contributed by atoms with Gasteiger partial charge in [-0.15, -0.1) is 0 Å². The van der Waals surface area contributed by atoms with Gasteiger partial charge in [-0.25, -0.2) is 4.39 Å². The molecule has 1 nitrogen and oxygen atoms in total. The van der Waals surface area contributed by atoms with Crippen molar-refractivity contribution in [1.82, 2.24) is 0 Å². The summed E-state index contributed by atoms with van der Waals surface area (Å²) in [7, 11) is 0. The van der Waals surface area contributed by atoms with Gasteiger partial charge in [0.1, 0.15) is 5.82 Å². The average molecular weight is 265 g/mol. The molecular formula is C8H9FIN. The van der Waals surface area contributed by atoms with Crippen molar-refractivity contribution in [2.75, 3.05) is 3.53 Å². The summed E-state index contributed by atoms with van der Waals surface area (Å²) in [6.07, 6.45) is 0.743. The van der Waals surface area contributed by atoms with Crippen molar-refractivity contribution in [1.29, 1.82) is 0 Å². The zero-order chi connectivity index (χ0) is 8.27. The highest BCUT2D eigenvalue weighted by Gasteiger charge is 1.99. The van der Waals surface area contributed by atoms with Gasteiger partial charge in [0.05, 0.1) is 22.9 Å². The lowest BCUT2D eigenvalue weighted by Gasteiger charge is -2.01. The maximum Gasteiger partial charge on any atom is 0.128 e. The molecule has 0 aliphatic rings. The third kappa shape index (κ3) is 2.05. The molecule has 0 fully saturated rings. The van der Waals surface area contributed by atoms with Gasteiger partial charge in [-0.05, 0) is 24.1 Å². The maximum absolute atomic E-state index is 13.0. The third-order valence-corrected chi connectivity index (χ3v) is 2.17. The molecule has 0 aliphatic carbocycles. The molecule has 0 amide bonds. The SMILES string of the molecule is CCc1ccc(NI)cc1F. The lowest BCUT2D eigenvalue weighted by Crippen LogP contribution is -1.88. The third-order valence-electron chi connectivity index (χ3n) is 1.54. The number of halogens is 2. The summed E-state index contributed by atoms with van der Waals surface area (Å²) in [5, 5.41) is 0. The van der Waals surface area contributed by atoms with Crippen LogP contribution in [0.5, 0.6) is 0 Å². The van der Waals surface area contributed by atoms with Crippen LogP contribution < -0.4 is 3.53 Å². The van der Waals surface area contributed by atoms with Gasteiger partial charge in [0, 0.05) is 5.69 Å². The zero-order valence-electron chi connectivity index (χ0n) is 6.20. The molecule has 0 heterocycles. The first-order valence-corrected chi connectivity index (χ1v) is 4.51. The first kappa shape index (κ1) is 8.77. The van der Waals surface area contributed by atoms with Crippen LogP contribution in [0.1, 0.15) is 12.5 Å². The molecule has 0 spiro atoms. The van der Waals surface area contributed by atoms with Gasteiger partial charge in [0.15, 0.2) is 0 Å². The summed E-state index contributed by atoms with van der Waals surface area (Å²) < 4.78 is 15.8.